The SMILES string of the molecule is C=C(C)C(=O)OCCc1ccc(OP(=O)(Oc2ccc(CCOC(=O)C(=C)C)cc2CCOC(=O)C(=C)C)Oc2ccc(CCOC(=O)C(=C)C)cc2CCOC(=O)C(=C)C)c(CCOC(=O)C(=C)C)c1. The van der Waals surface area contributed by atoms with E-state index in [9.17, 15) is 28.8 Å². The van der Waals surface area contributed by atoms with E-state index in [0.717, 1.165) is 0 Å². The van der Waals surface area contributed by atoms with Gasteiger partial charge in [0.15, 0.2) is 0 Å². The lowest BCUT2D eigenvalue weighted by Gasteiger charge is -2.24. The minimum Gasteiger partial charge on any atom is -0.462 e. The molecule has 380 valence electrons. The van der Waals surface area contributed by atoms with E-state index in [-0.39, 0.29) is 129 Å². The van der Waals surface area contributed by atoms with Gasteiger partial charge in [0.05, 0.1) is 39.6 Å². The van der Waals surface area contributed by atoms with Crippen molar-refractivity contribution in [1.82, 2.24) is 0 Å². The minimum absolute atomic E-state index is 0.00293. The third-order valence-corrected chi connectivity index (χ3v) is 11.0. The highest BCUT2D eigenvalue weighted by molar-refractivity contribution is 7.49. The van der Waals surface area contributed by atoms with E-state index in [1.807, 2.05) is 0 Å². The maximum atomic E-state index is 15.6. The van der Waals surface area contributed by atoms with Crippen LogP contribution < -0.4 is 13.6 Å². The fourth-order valence-corrected chi connectivity index (χ4v) is 7.29. The molecule has 0 unspecified atom stereocenters. The van der Waals surface area contributed by atoms with Crippen LogP contribution in [0.2, 0.25) is 0 Å². The molecule has 3 aromatic carbocycles. The molecule has 0 radical (unpaired) electrons. The maximum Gasteiger partial charge on any atom is 0.647 e. The van der Waals surface area contributed by atoms with Crippen LogP contribution in [0, 0.1) is 0 Å². The Hall–Kier alpha value is -7.45. The normalized spacial score (nSPS) is 10.7. The lowest BCUT2D eigenvalue weighted by Crippen LogP contribution is -2.14. The lowest BCUT2D eigenvalue weighted by molar-refractivity contribution is -0.139. The highest BCUT2D eigenvalue weighted by Crippen LogP contribution is 2.52. The van der Waals surface area contributed by atoms with E-state index in [4.69, 9.17) is 42.0 Å². The Bertz CT molecular complexity index is 2320. The molecule has 71 heavy (non-hydrogen) atoms. The lowest BCUT2D eigenvalue weighted by atomic mass is 10.1. The van der Waals surface area contributed by atoms with Gasteiger partial charge in [-0.15, -0.1) is 0 Å². The number of carbonyl (C=O) groups excluding carboxylic acids is 6. The first-order valence-electron chi connectivity index (χ1n) is 22.5. The van der Waals surface area contributed by atoms with Crippen molar-refractivity contribution in [2.45, 2.75) is 80.1 Å². The molecule has 16 nitrogen and oxygen atoms in total. The molecule has 3 rings (SSSR count). The molecule has 0 fully saturated rings. The van der Waals surface area contributed by atoms with Gasteiger partial charge in [0.2, 0.25) is 0 Å². The summed E-state index contributed by atoms with van der Waals surface area (Å²) in [5.74, 6) is -3.58. The predicted molar refractivity (Wildman–Crippen MR) is 266 cm³/mol. The molecule has 17 heteroatoms. The quantitative estimate of drug-likeness (QED) is 0.0264. The number of phosphoric acid groups is 1. The Morgan fingerprint density at radius 3 is 0.746 bits per heavy atom. The maximum absolute atomic E-state index is 15.6. The van der Waals surface area contributed by atoms with Crippen molar-refractivity contribution in [3.63, 3.8) is 0 Å². The van der Waals surface area contributed by atoms with E-state index < -0.39 is 43.6 Å². The highest BCUT2D eigenvalue weighted by atomic mass is 31.2. The molecule has 0 saturated heterocycles. The van der Waals surface area contributed by atoms with Crippen molar-refractivity contribution in [3.05, 3.63) is 161 Å². The predicted octanol–water partition coefficient (Wildman–Crippen LogP) is 9.30. The summed E-state index contributed by atoms with van der Waals surface area (Å²) in [6.07, 6.45) is 0.918. The van der Waals surface area contributed by atoms with E-state index in [2.05, 4.69) is 39.5 Å². The summed E-state index contributed by atoms with van der Waals surface area (Å²) in [6.45, 7) is 30.4. The topological polar surface area (TPSA) is 203 Å². The van der Waals surface area contributed by atoms with Gasteiger partial charge in [0, 0.05) is 72.0 Å². The first-order chi connectivity index (χ1) is 33.5. The highest BCUT2D eigenvalue weighted by Gasteiger charge is 2.36. The first-order valence-corrected chi connectivity index (χ1v) is 23.9. The van der Waals surface area contributed by atoms with Crippen molar-refractivity contribution >= 4 is 43.6 Å². The largest absolute Gasteiger partial charge is 0.647 e. The Morgan fingerprint density at radius 2 is 0.549 bits per heavy atom. The van der Waals surface area contributed by atoms with Gasteiger partial charge >= 0.3 is 43.6 Å². The molecule has 0 saturated carbocycles. The molecule has 0 atom stereocenters. The molecule has 0 bridgehead atoms. The number of carbonyl (C=O) groups is 6. The number of phosphoric ester groups is 1. The van der Waals surface area contributed by atoms with Crippen LogP contribution in [-0.4, -0.2) is 75.5 Å². The van der Waals surface area contributed by atoms with E-state index >= 15 is 4.57 Å². The summed E-state index contributed by atoms with van der Waals surface area (Å²) in [5.41, 5.74) is 4.44. The average molecular weight is 999 g/mol. The van der Waals surface area contributed by atoms with Crippen LogP contribution >= 0.6 is 7.82 Å². The van der Waals surface area contributed by atoms with Crippen molar-refractivity contribution in [2.24, 2.45) is 0 Å². The molecule has 3 aromatic rings. The second kappa shape index (κ2) is 28.3. The number of rotatable bonds is 30. The Labute approximate surface area is 415 Å². The fraction of sp³-hybridized carbons (Fsp3) is 0.333. The van der Waals surface area contributed by atoms with Gasteiger partial charge in [0.1, 0.15) is 17.2 Å². The third-order valence-electron chi connectivity index (χ3n) is 9.78. The summed E-state index contributed by atoms with van der Waals surface area (Å²) in [6, 6.07) is 14.6. The molecular weight excluding hydrogens is 936 g/mol. The standard InChI is InChI=1S/C54H63O16P/c1-34(2)49(55)62-25-19-40-13-16-46(43(31-40)22-28-65-52(58)37(7)8)68-71(61,69-47-17-14-41(20-26-63-50(56)35(3)4)32-44(47)23-29-66-53(59)38(9)10)70-48-18-15-42(21-27-64-51(57)36(5)6)33-45(48)24-30-67-54(60)39(11)12/h13-18,31-33H,1,3,5,7,9,11,19-30H2,2,4,6,8,10,12H3. The van der Waals surface area contributed by atoms with Crippen molar-refractivity contribution in [3.8, 4) is 17.2 Å². The van der Waals surface area contributed by atoms with E-state index in [0.29, 0.717) is 33.4 Å². The van der Waals surface area contributed by atoms with Gasteiger partial charge in [-0.1, -0.05) is 75.9 Å². The van der Waals surface area contributed by atoms with Crippen LogP contribution in [0.5, 0.6) is 17.2 Å². The summed E-state index contributed by atoms with van der Waals surface area (Å²) < 4.78 is 66.8. The van der Waals surface area contributed by atoms with Gasteiger partial charge in [0.25, 0.3) is 0 Å². The van der Waals surface area contributed by atoms with Crippen LogP contribution in [0.25, 0.3) is 0 Å². The Balaban J connectivity index is 2.22. The molecule has 0 N–H and O–H groups in total. The Kier molecular flexibility index (Phi) is 23.0. The van der Waals surface area contributed by atoms with Gasteiger partial charge < -0.3 is 42.0 Å². The molecule has 0 aliphatic rings. The second-order valence-electron chi connectivity index (χ2n) is 16.5. The number of hydrogen-bond acceptors (Lipinski definition) is 16. The van der Waals surface area contributed by atoms with Gasteiger partial charge in [-0.05, 0) is 93.1 Å². The van der Waals surface area contributed by atoms with Gasteiger partial charge in [-0.25, -0.2) is 28.8 Å². The van der Waals surface area contributed by atoms with Crippen LogP contribution in [0.15, 0.2) is 128 Å². The van der Waals surface area contributed by atoms with Gasteiger partial charge in [-0.3, -0.25) is 0 Å². The van der Waals surface area contributed by atoms with Crippen LogP contribution in [0.3, 0.4) is 0 Å². The summed E-state index contributed by atoms with van der Waals surface area (Å²) >= 11 is 0. The fourth-order valence-electron chi connectivity index (χ4n) is 5.92. The van der Waals surface area contributed by atoms with Crippen molar-refractivity contribution in [1.29, 1.82) is 0 Å². The van der Waals surface area contributed by atoms with Crippen LogP contribution in [-0.2, 0) is 100 Å². The molecule has 0 amide bonds. The smallest absolute Gasteiger partial charge is 0.462 e. The summed E-state index contributed by atoms with van der Waals surface area (Å²) in [4.78, 5) is 73.6. The van der Waals surface area contributed by atoms with E-state index in [1.54, 1.807) is 36.4 Å². The zero-order valence-electron chi connectivity index (χ0n) is 41.4. The average Bonchev–Trinajstić information content (AvgIpc) is 3.30. The number of esters is 6. The van der Waals surface area contributed by atoms with Gasteiger partial charge in [-0.2, -0.15) is 4.57 Å². The first kappa shape index (κ1) is 57.9. The molecule has 0 spiro atoms. The molecule has 0 heterocycles. The second-order valence-corrected chi connectivity index (χ2v) is 18.0. The summed E-state index contributed by atoms with van der Waals surface area (Å²) in [7, 11) is -4.95. The zero-order valence-corrected chi connectivity index (χ0v) is 42.3. The molecular formula is C54H63O16P. The Morgan fingerprint density at radius 1 is 0.352 bits per heavy atom. The third kappa shape index (κ3) is 20.2. The van der Waals surface area contributed by atoms with Crippen molar-refractivity contribution in [2.75, 3.05) is 39.6 Å². The number of benzene rings is 3. The molecule has 0 aliphatic carbocycles. The zero-order chi connectivity index (χ0) is 52.8. The van der Waals surface area contributed by atoms with Crippen LogP contribution in [0.4, 0.5) is 0 Å². The van der Waals surface area contributed by atoms with Crippen LogP contribution in [0.1, 0.15) is 74.9 Å². The van der Waals surface area contributed by atoms with E-state index in [1.165, 1.54) is 59.7 Å². The number of hydrogen-bond donors (Lipinski definition) is 0. The molecule has 0 aromatic heterocycles. The monoisotopic (exact) mass is 998 g/mol. The summed E-state index contributed by atoms with van der Waals surface area (Å²) in [5, 5.41) is 0. The van der Waals surface area contributed by atoms with Crippen molar-refractivity contribution < 1.29 is 75.3 Å². The number of ether oxygens (including phenoxy) is 6. The minimum atomic E-state index is -4.95. The molecule has 0 aliphatic heterocycles.